The van der Waals surface area contributed by atoms with Crippen LogP contribution < -0.4 is 0 Å². The van der Waals surface area contributed by atoms with Gasteiger partial charge < -0.3 is 5.11 Å². The highest BCUT2D eigenvalue weighted by Gasteiger charge is 2.09. The second-order valence-corrected chi connectivity index (χ2v) is 3.85. The summed E-state index contributed by atoms with van der Waals surface area (Å²) in [6, 6.07) is 3.95. The Balaban J connectivity index is 3.11. The minimum atomic E-state index is -0.836. The van der Waals surface area contributed by atoms with Gasteiger partial charge in [-0.25, -0.2) is 0 Å². The minimum Gasteiger partial charge on any atom is -0.481 e. The zero-order chi connectivity index (χ0) is 11.6. The van der Waals surface area contributed by atoms with Crippen molar-refractivity contribution in [3.63, 3.8) is 0 Å². The average molecular weight is 204 g/mol. The van der Waals surface area contributed by atoms with Gasteiger partial charge in [-0.2, -0.15) is 0 Å². The van der Waals surface area contributed by atoms with Crippen molar-refractivity contribution >= 4 is 11.5 Å². The van der Waals surface area contributed by atoms with Crippen LogP contribution in [0.3, 0.4) is 0 Å². The van der Waals surface area contributed by atoms with Crippen LogP contribution in [0.2, 0.25) is 0 Å². The van der Waals surface area contributed by atoms with Gasteiger partial charge in [0, 0.05) is 0 Å². The van der Waals surface area contributed by atoms with E-state index in [1.807, 2.05) is 32.9 Å². The maximum atomic E-state index is 10.6. The molecule has 0 heterocycles. The van der Waals surface area contributed by atoms with Gasteiger partial charge in [-0.05, 0) is 48.6 Å². The zero-order valence-corrected chi connectivity index (χ0v) is 9.42. The van der Waals surface area contributed by atoms with Crippen LogP contribution in [-0.2, 0) is 4.79 Å². The molecule has 0 aromatic heterocycles. The van der Waals surface area contributed by atoms with E-state index in [-0.39, 0.29) is 6.42 Å². The summed E-state index contributed by atoms with van der Waals surface area (Å²) < 4.78 is 0. The lowest BCUT2D eigenvalue weighted by molar-refractivity contribution is -0.135. The van der Waals surface area contributed by atoms with Gasteiger partial charge in [-0.1, -0.05) is 18.7 Å². The third-order valence-electron chi connectivity index (χ3n) is 2.80. The van der Waals surface area contributed by atoms with Gasteiger partial charge in [0.25, 0.3) is 0 Å². The van der Waals surface area contributed by atoms with Crippen molar-refractivity contribution in [3.8, 4) is 0 Å². The molecule has 0 saturated carbocycles. The first-order chi connectivity index (χ1) is 6.93. The summed E-state index contributed by atoms with van der Waals surface area (Å²) in [7, 11) is 0. The highest BCUT2D eigenvalue weighted by Crippen LogP contribution is 2.24. The van der Waals surface area contributed by atoms with Gasteiger partial charge in [-0.3, -0.25) is 4.79 Å². The van der Waals surface area contributed by atoms with Crippen LogP contribution >= 0.6 is 0 Å². The first-order valence-electron chi connectivity index (χ1n) is 4.90. The first-order valence-corrected chi connectivity index (χ1v) is 4.90. The molecule has 2 nitrogen and oxygen atoms in total. The van der Waals surface area contributed by atoms with E-state index in [1.54, 1.807) is 0 Å². The van der Waals surface area contributed by atoms with E-state index in [2.05, 4.69) is 6.58 Å². The predicted octanol–water partition coefficient (Wildman–Crippen LogP) is 3.10. The van der Waals surface area contributed by atoms with Gasteiger partial charge in [0.05, 0.1) is 6.42 Å². The smallest absolute Gasteiger partial charge is 0.307 e. The molecule has 1 aromatic carbocycles. The standard InChI is InChI=1S/C13H16O2/c1-8-5-6-12(11(4)10(8)3)9(2)7-13(14)15/h5-6H,2,7H2,1,3-4H3,(H,14,15). The molecule has 1 N–H and O–H groups in total. The summed E-state index contributed by atoms with van der Waals surface area (Å²) in [4.78, 5) is 10.6. The molecule has 0 aliphatic rings. The molecule has 2 heteroatoms. The third kappa shape index (κ3) is 2.46. The molecule has 0 fully saturated rings. The molecule has 0 spiro atoms. The molecule has 0 amide bonds. The molecule has 0 saturated heterocycles. The molecular formula is C13H16O2. The summed E-state index contributed by atoms with van der Waals surface area (Å²) in [6.45, 7) is 9.91. The fourth-order valence-electron chi connectivity index (χ4n) is 1.62. The van der Waals surface area contributed by atoms with Crippen molar-refractivity contribution in [2.75, 3.05) is 0 Å². The van der Waals surface area contributed by atoms with E-state index in [4.69, 9.17) is 5.11 Å². The number of carboxylic acid groups (broad SMARTS) is 1. The lowest BCUT2D eigenvalue weighted by atomic mass is 9.93. The lowest BCUT2D eigenvalue weighted by Gasteiger charge is -2.12. The molecular weight excluding hydrogens is 188 g/mol. The van der Waals surface area contributed by atoms with E-state index in [0.29, 0.717) is 5.57 Å². The van der Waals surface area contributed by atoms with Crippen molar-refractivity contribution in [2.24, 2.45) is 0 Å². The molecule has 1 aromatic rings. The summed E-state index contributed by atoms with van der Waals surface area (Å²) in [5.41, 5.74) is 5.18. The summed E-state index contributed by atoms with van der Waals surface area (Å²) in [5, 5.41) is 8.70. The van der Waals surface area contributed by atoms with Gasteiger partial charge in [0.1, 0.15) is 0 Å². The second-order valence-electron chi connectivity index (χ2n) is 3.85. The van der Waals surface area contributed by atoms with E-state index >= 15 is 0 Å². The number of carbonyl (C=O) groups is 1. The normalized spacial score (nSPS) is 10.1. The topological polar surface area (TPSA) is 37.3 Å². The Kier molecular flexibility index (Phi) is 3.30. The van der Waals surface area contributed by atoms with Crippen molar-refractivity contribution in [2.45, 2.75) is 27.2 Å². The first kappa shape index (κ1) is 11.5. The quantitative estimate of drug-likeness (QED) is 0.821. The van der Waals surface area contributed by atoms with Gasteiger partial charge in [0.2, 0.25) is 0 Å². The summed E-state index contributed by atoms with van der Waals surface area (Å²) in [6.07, 6.45) is 0.00331. The molecule has 15 heavy (non-hydrogen) atoms. The van der Waals surface area contributed by atoms with Gasteiger partial charge in [0.15, 0.2) is 0 Å². The second kappa shape index (κ2) is 4.30. The molecule has 80 valence electrons. The maximum Gasteiger partial charge on any atom is 0.307 e. The molecule has 1 rings (SSSR count). The number of benzene rings is 1. The summed E-state index contributed by atoms with van der Waals surface area (Å²) >= 11 is 0. The number of carboxylic acids is 1. The predicted molar refractivity (Wildman–Crippen MR) is 61.9 cm³/mol. The van der Waals surface area contributed by atoms with Crippen LogP contribution in [0, 0.1) is 20.8 Å². The maximum absolute atomic E-state index is 10.6. The van der Waals surface area contributed by atoms with E-state index in [0.717, 1.165) is 11.1 Å². The Hall–Kier alpha value is -1.57. The average Bonchev–Trinajstić information content (AvgIpc) is 2.13. The number of hydrogen-bond donors (Lipinski definition) is 1. The zero-order valence-electron chi connectivity index (χ0n) is 9.42. The monoisotopic (exact) mass is 204 g/mol. The molecule has 0 bridgehead atoms. The SMILES string of the molecule is C=C(CC(=O)O)c1ccc(C)c(C)c1C. The van der Waals surface area contributed by atoms with Crippen LogP contribution in [0.15, 0.2) is 18.7 Å². The van der Waals surface area contributed by atoms with E-state index in [1.165, 1.54) is 11.1 Å². The molecule has 0 aliphatic heterocycles. The highest BCUT2D eigenvalue weighted by atomic mass is 16.4. The Morgan fingerprint density at radius 3 is 2.40 bits per heavy atom. The van der Waals surface area contributed by atoms with Gasteiger partial charge in [-0.15, -0.1) is 0 Å². The number of aryl methyl sites for hydroxylation is 1. The number of rotatable bonds is 3. The highest BCUT2D eigenvalue weighted by molar-refractivity contribution is 5.84. The third-order valence-corrected chi connectivity index (χ3v) is 2.80. The lowest BCUT2D eigenvalue weighted by Crippen LogP contribution is -1.99. The Labute approximate surface area is 90.3 Å². The Bertz CT molecular complexity index is 417. The van der Waals surface area contributed by atoms with Crippen LogP contribution in [0.4, 0.5) is 0 Å². The van der Waals surface area contributed by atoms with Crippen LogP contribution in [0.1, 0.15) is 28.7 Å². The molecule has 0 aliphatic carbocycles. The fourth-order valence-corrected chi connectivity index (χ4v) is 1.62. The van der Waals surface area contributed by atoms with Crippen LogP contribution in [0.5, 0.6) is 0 Å². The number of hydrogen-bond acceptors (Lipinski definition) is 1. The largest absolute Gasteiger partial charge is 0.481 e. The van der Waals surface area contributed by atoms with Crippen LogP contribution in [-0.4, -0.2) is 11.1 Å². The molecule has 0 radical (unpaired) electrons. The van der Waals surface area contributed by atoms with E-state index in [9.17, 15) is 4.79 Å². The van der Waals surface area contributed by atoms with Crippen molar-refractivity contribution in [1.82, 2.24) is 0 Å². The fraction of sp³-hybridized carbons (Fsp3) is 0.308. The van der Waals surface area contributed by atoms with E-state index < -0.39 is 5.97 Å². The van der Waals surface area contributed by atoms with Gasteiger partial charge >= 0.3 is 5.97 Å². The number of aliphatic carboxylic acids is 1. The Morgan fingerprint density at radius 2 is 1.87 bits per heavy atom. The minimum absolute atomic E-state index is 0.00331. The van der Waals surface area contributed by atoms with Crippen molar-refractivity contribution in [1.29, 1.82) is 0 Å². The van der Waals surface area contributed by atoms with Crippen molar-refractivity contribution in [3.05, 3.63) is 41.0 Å². The van der Waals surface area contributed by atoms with Crippen molar-refractivity contribution < 1.29 is 9.90 Å². The Morgan fingerprint density at radius 1 is 1.27 bits per heavy atom. The summed E-state index contributed by atoms with van der Waals surface area (Å²) in [5.74, 6) is -0.836. The molecule has 0 atom stereocenters. The van der Waals surface area contributed by atoms with Crippen LogP contribution in [0.25, 0.3) is 5.57 Å². The molecule has 0 unspecified atom stereocenters.